The Morgan fingerprint density at radius 2 is 2.42 bits per heavy atom. The van der Waals surface area contributed by atoms with Crippen LogP contribution in [-0.2, 0) is 11.3 Å². The second-order valence-electron chi connectivity index (χ2n) is 2.62. The van der Waals surface area contributed by atoms with Gasteiger partial charge < -0.3 is 4.74 Å². The molecule has 0 aliphatic carbocycles. The van der Waals surface area contributed by atoms with E-state index >= 15 is 0 Å². The Labute approximate surface area is 78.1 Å². The van der Waals surface area contributed by atoms with Gasteiger partial charge in [0.15, 0.2) is 0 Å². The first-order chi connectivity index (χ1) is 5.83. The van der Waals surface area contributed by atoms with Crippen LogP contribution in [0.4, 0.5) is 0 Å². The van der Waals surface area contributed by atoms with Gasteiger partial charge in [-0.25, -0.2) is 0 Å². The van der Waals surface area contributed by atoms with Gasteiger partial charge in [-0.05, 0) is 12.5 Å². The van der Waals surface area contributed by atoms with Crippen molar-refractivity contribution in [3.63, 3.8) is 0 Å². The summed E-state index contributed by atoms with van der Waals surface area (Å²) < 4.78 is 7.14. The molecule has 0 saturated carbocycles. The molecule has 68 valence electrons. The van der Waals surface area contributed by atoms with E-state index in [1.165, 1.54) is 5.56 Å². The number of aryl methyl sites for hydroxylation is 1. The Morgan fingerprint density at radius 3 is 3.00 bits per heavy atom. The van der Waals surface area contributed by atoms with E-state index in [-0.39, 0.29) is 0 Å². The molecule has 1 aromatic heterocycles. The third-order valence-corrected chi connectivity index (χ3v) is 1.65. The molecule has 0 saturated heterocycles. The first-order valence-electron chi connectivity index (χ1n) is 4.00. The molecular weight excluding hydrogens is 172 g/mol. The summed E-state index contributed by atoms with van der Waals surface area (Å²) in [7, 11) is 0. The van der Waals surface area contributed by atoms with Crippen molar-refractivity contribution in [2.75, 3.05) is 19.0 Å². The van der Waals surface area contributed by atoms with Crippen molar-refractivity contribution in [2.24, 2.45) is 0 Å². The Hall–Kier alpha value is -0.480. The van der Waals surface area contributed by atoms with E-state index in [1.54, 1.807) is 0 Å². The highest BCUT2D eigenvalue weighted by atomic mass is 32.1. The van der Waals surface area contributed by atoms with E-state index in [4.69, 9.17) is 4.74 Å². The molecule has 0 fully saturated rings. The van der Waals surface area contributed by atoms with Gasteiger partial charge in [0, 0.05) is 11.9 Å². The Bertz CT molecular complexity index is 225. The number of hydrogen-bond acceptors (Lipinski definition) is 3. The summed E-state index contributed by atoms with van der Waals surface area (Å²) in [6.45, 7) is 4.27. The fourth-order valence-corrected chi connectivity index (χ4v) is 1.04. The van der Waals surface area contributed by atoms with Crippen LogP contribution in [0.1, 0.15) is 5.56 Å². The average molecular weight is 186 g/mol. The maximum absolute atomic E-state index is 5.26. The van der Waals surface area contributed by atoms with Crippen molar-refractivity contribution in [2.45, 2.75) is 13.5 Å². The van der Waals surface area contributed by atoms with Crippen LogP contribution in [-0.4, -0.2) is 28.7 Å². The van der Waals surface area contributed by atoms with Crippen molar-refractivity contribution < 1.29 is 4.74 Å². The fourth-order valence-electron chi connectivity index (χ4n) is 0.914. The zero-order chi connectivity index (χ0) is 8.81. The highest BCUT2D eigenvalue weighted by molar-refractivity contribution is 7.80. The van der Waals surface area contributed by atoms with Gasteiger partial charge in [-0.2, -0.15) is 17.7 Å². The molecule has 4 heteroatoms. The minimum atomic E-state index is 0.710. The second kappa shape index (κ2) is 5.22. The van der Waals surface area contributed by atoms with Crippen molar-refractivity contribution in [1.29, 1.82) is 0 Å². The predicted octanol–water partition coefficient (Wildman–Crippen LogP) is 1.14. The second-order valence-corrected chi connectivity index (χ2v) is 3.06. The number of nitrogens with zero attached hydrogens (tertiary/aromatic N) is 2. The SMILES string of the molecule is Cc1cnn(CCOCCS)c1. The molecule has 0 bridgehead atoms. The number of rotatable bonds is 5. The van der Waals surface area contributed by atoms with Gasteiger partial charge in [-0.1, -0.05) is 0 Å². The lowest BCUT2D eigenvalue weighted by molar-refractivity contribution is 0.139. The Balaban J connectivity index is 2.15. The largest absolute Gasteiger partial charge is 0.379 e. The Kier molecular flexibility index (Phi) is 4.18. The number of hydrogen-bond donors (Lipinski definition) is 1. The van der Waals surface area contributed by atoms with Gasteiger partial charge >= 0.3 is 0 Å². The van der Waals surface area contributed by atoms with Crippen molar-refractivity contribution in [1.82, 2.24) is 9.78 Å². The average Bonchev–Trinajstić information content (AvgIpc) is 2.45. The maximum Gasteiger partial charge on any atom is 0.0663 e. The summed E-state index contributed by atoms with van der Waals surface area (Å²) in [5, 5.41) is 4.13. The molecule has 0 radical (unpaired) electrons. The summed E-state index contributed by atoms with van der Waals surface area (Å²) in [6.07, 6.45) is 3.85. The van der Waals surface area contributed by atoms with E-state index in [2.05, 4.69) is 17.7 Å². The predicted molar refractivity (Wildman–Crippen MR) is 51.6 cm³/mol. The lowest BCUT2D eigenvalue weighted by atomic mass is 10.4. The molecule has 0 aliphatic heterocycles. The quantitative estimate of drug-likeness (QED) is 0.551. The number of ether oxygens (including phenoxy) is 1. The molecule has 1 aromatic rings. The van der Waals surface area contributed by atoms with Crippen LogP contribution in [0, 0.1) is 6.92 Å². The lowest BCUT2D eigenvalue weighted by Crippen LogP contribution is -2.07. The molecule has 1 heterocycles. The monoisotopic (exact) mass is 186 g/mol. The summed E-state index contributed by atoms with van der Waals surface area (Å²) in [6, 6.07) is 0. The van der Waals surface area contributed by atoms with E-state index in [1.807, 2.05) is 24.0 Å². The van der Waals surface area contributed by atoms with Crippen LogP contribution in [0.3, 0.4) is 0 Å². The molecule has 0 aromatic carbocycles. The molecule has 0 unspecified atom stereocenters. The molecule has 0 aliphatic rings. The first-order valence-corrected chi connectivity index (χ1v) is 4.64. The highest BCUT2D eigenvalue weighted by Crippen LogP contribution is 1.93. The minimum absolute atomic E-state index is 0.710. The highest BCUT2D eigenvalue weighted by Gasteiger charge is 1.92. The topological polar surface area (TPSA) is 27.1 Å². The van der Waals surface area contributed by atoms with Crippen LogP contribution in [0.25, 0.3) is 0 Å². The van der Waals surface area contributed by atoms with Crippen molar-refractivity contribution in [3.8, 4) is 0 Å². The zero-order valence-corrected chi connectivity index (χ0v) is 8.13. The van der Waals surface area contributed by atoms with Crippen LogP contribution in [0.15, 0.2) is 12.4 Å². The van der Waals surface area contributed by atoms with E-state index in [9.17, 15) is 0 Å². The molecule has 1 rings (SSSR count). The molecule has 0 N–H and O–H groups in total. The number of thiol groups is 1. The van der Waals surface area contributed by atoms with Gasteiger partial charge in [0.05, 0.1) is 26.0 Å². The summed E-state index contributed by atoms with van der Waals surface area (Å²) >= 11 is 4.04. The molecule has 12 heavy (non-hydrogen) atoms. The van der Waals surface area contributed by atoms with Gasteiger partial charge in [0.1, 0.15) is 0 Å². The fraction of sp³-hybridized carbons (Fsp3) is 0.625. The Morgan fingerprint density at radius 1 is 1.58 bits per heavy atom. The number of aromatic nitrogens is 2. The van der Waals surface area contributed by atoms with E-state index in [0.717, 1.165) is 12.3 Å². The van der Waals surface area contributed by atoms with Crippen LogP contribution < -0.4 is 0 Å². The molecule has 3 nitrogen and oxygen atoms in total. The lowest BCUT2D eigenvalue weighted by Gasteiger charge is -2.01. The summed E-state index contributed by atoms with van der Waals surface area (Å²) in [5.41, 5.74) is 1.18. The van der Waals surface area contributed by atoms with Gasteiger partial charge in [0.25, 0.3) is 0 Å². The standard InChI is InChI=1S/C8H14N2OS/c1-8-6-9-10(7-8)2-3-11-4-5-12/h6-7,12H,2-5H2,1H3. The van der Waals surface area contributed by atoms with E-state index in [0.29, 0.717) is 13.2 Å². The third kappa shape index (κ3) is 3.28. The molecule has 0 atom stereocenters. The van der Waals surface area contributed by atoms with Crippen molar-refractivity contribution in [3.05, 3.63) is 18.0 Å². The van der Waals surface area contributed by atoms with Crippen LogP contribution in [0.2, 0.25) is 0 Å². The summed E-state index contributed by atoms with van der Waals surface area (Å²) in [5.74, 6) is 0.776. The van der Waals surface area contributed by atoms with Gasteiger partial charge in [-0.15, -0.1) is 0 Å². The zero-order valence-electron chi connectivity index (χ0n) is 7.23. The normalized spacial score (nSPS) is 10.5. The molecule has 0 amide bonds. The van der Waals surface area contributed by atoms with Crippen LogP contribution in [0.5, 0.6) is 0 Å². The smallest absolute Gasteiger partial charge is 0.0663 e. The van der Waals surface area contributed by atoms with Crippen molar-refractivity contribution >= 4 is 12.6 Å². The first kappa shape index (κ1) is 9.61. The van der Waals surface area contributed by atoms with Gasteiger partial charge in [0.2, 0.25) is 0 Å². The maximum atomic E-state index is 5.26. The van der Waals surface area contributed by atoms with Gasteiger partial charge in [-0.3, -0.25) is 4.68 Å². The third-order valence-electron chi connectivity index (χ3n) is 1.46. The minimum Gasteiger partial charge on any atom is -0.379 e. The van der Waals surface area contributed by atoms with Crippen LogP contribution >= 0.6 is 12.6 Å². The van der Waals surface area contributed by atoms with E-state index < -0.39 is 0 Å². The summed E-state index contributed by atoms with van der Waals surface area (Å²) in [4.78, 5) is 0. The molecular formula is C8H14N2OS. The molecule has 0 spiro atoms.